The Bertz CT molecular complexity index is 1210. The lowest BCUT2D eigenvalue weighted by Gasteiger charge is -2.24. The van der Waals surface area contributed by atoms with Crippen molar-refractivity contribution >= 4 is 40.9 Å². The minimum atomic E-state index is -0.206. The molecule has 1 unspecified atom stereocenters. The van der Waals surface area contributed by atoms with E-state index in [0.29, 0.717) is 46.1 Å². The molecule has 4 rings (SSSR count). The lowest BCUT2D eigenvalue weighted by molar-refractivity contribution is -0.113. The molecule has 8 nitrogen and oxygen atoms in total. The summed E-state index contributed by atoms with van der Waals surface area (Å²) in [6, 6.07) is 13.9. The van der Waals surface area contributed by atoms with Crippen molar-refractivity contribution in [2.75, 3.05) is 24.7 Å². The Kier molecular flexibility index (Phi) is 8.09. The number of likely N-dealkylation sites (tertiary alicyclic amines) is 1. The fraction of sp³-hybridized carbons (Fsp3) is 0.280. The van der Waals surface area contributed by atoms with Crippen molar-refractivity contribution in [3.63, 3.8) is 0 Å². The van der Waals surface area contributed by atoms with Crippen LogP contribution in [-0.4, -0.2) is 50.9 Å². The highest BCUT2D eigenvalue weighted by molar-refractivity contribution is 7.99. The largest absolute Gasteiger partial charge is 0.495 e. The van der Waals surface area contributed by atoms with Crippen LogP contribution in [0.1, 0.15) is 35.1 Å². The van der Waals surface area contributed by atoms with E-state index in [1.54, 1.807) is 49.6 Å². The van der Waals surface area contributed by atoms with E-state index < -0.39 is 0 Å². The van der Waals surface area contributed by atoms with E-state index in [9.17, 15) is 9.59 Å². The molecule has 1 atom stereocenters. The number of amides is 2. The summed E-state index contributed by atoms with van der Waals surface area (Å²) in [5, 5.41) is 12.8. The average molecular weight is 512 g/mol. The molecule has 1 saturated heterocycles. The number of hydrogen-bond acceptors (Lipinski definition) is 6. The summed E-state index contributed by atoms with van der Waals surface area (Å²) in [6.45, 7) is 4.96. The zero-order chi connectivity index (χ0) is 24.8. The van der Waals surface area contributed by atoms with Crippen LogP contribution in [-0.2, 0) is 11.3 Å². The van der Waals surface area contributed by atoms with Crippen LogP contribution in [0.4, 0.5) is 5.69 Å². The maximum atomic E-state index is 13.2. The molecule has 2 heterocycles. The van der Waals surface area contributed by atoms with E-state index in [1.165, 1.54) is 11.8 Å². The molecule has 2 aromatic carbocycles. The van der Waals surface area contributed by atoms with E-state index in [4.69, 9.17) is 16.3 Å². The molecular formula is C25H26ClN5O3S. The van der Waals surface area contributed by atoms with Crippen LogP contribution >= 0.6 is 23.4 Å². The summed E-state index contributed by atoms with van der Waals surface area (Å²) in [6.07, 6.45) is 3.41. The quantitative estimate of drug-likeness (QED) is 0.327. The Labute approximate surface area is 213 Å². The van der Waals surface area contributed by atoms with Crippen LogP contribution in [0, 0.1) is 0 Å². The number of para-hydroxylation sites is 2. The number of aromatic nitrogens is 3. The molecule has 0 spiro atoms. The number of hydrogen-bond donors (Lipinski definition) is 1. The fourth-order valence-electron chi connectivity index (χ4n) is 4.05. The minimum absolute atomic E-state index is 0.0669. The van der Waals surface area contributed by atoms with Gasteiger partial charge in [-0.2, -0.15) is 0 Å². The zero-order valence-corrected chi connectivity index (χ0v) is 20.9. The monoisotopic (exact) mass is 511 g/mol. The number of carbonyl (C=O) groups is 2. The molecule has 0 bridgehead atoms. The summed E-state index contributed by atoms with van der Waals surface area (Å²) in [5.74, 6) is 1.18. The average Bonchev–Trinajstić information content (AvgIpc) is 3.50. The normalized spacial score (nSPS) is 15.1. The number of benzene rings is 2. The van der Waals surface area contributed by atoms with Crippen LogP contribution in [0.2, 0.25) is 5.02 Å². The van der Waals surface area contributed by atoms with Gasteiger partial charge in [-0.05, 0) is 49.2 Å². The Morgan fingerprint density at radius 3 is 2.74 bits per heavy atom. The van der Waals surface area contributed by atoms with Crippen LogP contribution < -0.4 is 10.1 Å². The minimum Gasteiger partial charge on any atom is -0.495 e. The van der Waals surface area contributed by atoms with Gasteiger partial charge < -0.3 is 19.5 Å². The third-order valence-corrected chi connectivity index (χ3v) is 6.89. The molecular weight excluding hydrogens is 486 g/mol. The number of halogens is 1. The second-order valence-electron chi connectivity index (χ2n) is 7.94. The fourth-order valence-corrected chi connectivity index (χ4v) is 4.94. The van der Waals surface area contributed by atoms with Crippen LogP contribution in [0.5, 0.6) is 5.75 Å². The number of ether oxygens (including phenoxy) is 1. The summed E-state index contributed by atoms with van der Waals surface area (Å²) >= 11 is 7.26. The van der Waals surface area contributed by atoms with Crippen LogP contribution in [0.25, 0.3) is 0 Å². The number of nitrogens with zero attached hydrogens (tertiary/aromatic N) is 4. The number of carbonyl (C=O) groups excluding carboxylic acids is 2. The molecule has 1 N–H and O–H groups in total. The second kappa shape index (κ2) is 11.4. The van der Waals surface area contributed by atoms with Crippen molar-refractivity contribution in [3.8, 4) is 5.75 Å². The van der Waals surface area contributed by atoms with Gasteiger partial charge in [-0.15, -0.1) is 16.8 Å². The third kappa shape index (κ3) is 5.68. The second-order valence-corrected chi connectivity index (χ2v) is 9.32. The molecule has 1 fully saturated rings. The molecule has 0 aliphatic carbocycles. The SMILES string of the molecule is C=CCn1c(SCC(=O)Nc2ccccc2OC)nnc1C1CCCN1C(=O)c1ccc(Cl)cc1. The number of anilines is 1. The van der Waals surface area contributed by atoms with E-state index in [1.807, 2.05) is 21.6 Å². The highest BCUT2D eigenvalue weighted by Gasteiger charge is 2.34. The predicted octanol–water partition coefficient (Wildman–Crippen LogP) is 4.83. The van der Waals surface area contributed by atoms with Gasteiger partial charge in [0.15, 0.2) is 11.0 Å². The van der Waals surface area contributed by atoms with Crippen molar-refractivity contribution in [1.29, 1.82) is 0 Å². The molecule has 0 saturated carbocycles. The third-order valence-electron chi connectivity index (χ3n) is 5.67. The number of rotatable bonds is 9. The van der Waals surface area contributed by atoms with Gasteiger partial charge in [0.05, 0.1) is 24.6 Å². The van der Waals surface area contributed by atoms with E-state index in [-0.39, 0.29) is 23.6 Å². The van der Waals surface area contributed by atoms with Crippen LogP contribution in [0.3, 0.4) is 0 Å². The first-order valence-electron chi connectivity index (χ1n) is 11.2. The number of methoxy groups -OCH3 is 1. The lowest BCUT2D eigenvalue weighted by Crippen LogP contribution is -2.32. The molecule has 1 aliphatic rings. The standard InChI is InChI=1S/C25H26ClN5O3S/c1-3-14-31-23(20-8-6-15-30(20)24(33)17-10-12-18(26)13-11-17)28-29-25(31)35-16-22(32)27-19-7-4-5-9-21(19)34-2/h3-5,7,9-13,20H,1,6,8,14-16H2,2H3,(H,27,32). The summed E-state index contributed by atoms with van der Waals surface area (Å²) in [4.78, 5) is 27.6. The molecule has 35 heavy (non-hydrogen) atoms. The highest BCUT2D eigenvalue weighted by Crippen LogP contribution is 2.34. The number of allylic oxidation sites excluding steroid dienone is 1. The number of nitrogens with one attached hydrogen (secondary N) is 1. The molecule has 0 radical (unpaired) electrons. The molecule has 10 heteroatoms. The van der Waals surface area contributed by atoms with E-state index in [0.717, 1.165) is 12.8 Å². The van der Waals surface area contributed by atoms with E-state index in [2.05, 4.69) is 22.1 Å². The van der Waals surface area contributed by atoms with Gasteiger partial charge in [-0.3, -0.25) is 9.59 Å². The Morgan fingerprint density at radius 2 is 2.00 bits per heavy atom. The smallest absolute Gasteiger partial charge is 0.254 e. The number of thioether (sulfide) groups is 1. The van der Waals surface area contributed by atoms with Gasteiger partial charge in [0.2, 0.25) is 5.91 Å². The van der Waals surface area contributed by atoms with Crippen molar-refractivity contribution in [1.82, 2.24) is 19.7 Å². The van der Waals surface area contributed by atoms with Crippen molar-refractivity contribution < 1.29 is 14.3 Å². The maximum Gasteiger partial charge on any atom is 0.254 e. The first-order chi connectivity index (χ1) is 17.0. The summed E-state index contributed by atoms with van der Waals surface area (Å²) < 4.78 is 7.21. The molecule has 182 valence electrons. The first kappa shape index (κ1) is 24.8. The summed E-state index contributed by atoms with van der Waals surface area (Å²) in [7, 11) is 1.56. The van der Waals surface area contributed by atoms with Gasteiger partial charge in [0.1, 0.15) is 5.75 Å². The molecule has 2 amide bonds. The van der Waals surface area contributed by atoms with E-state index >= 15 is 0 Å². The van der Waals surface area contributed by atoms with Gasteiger partial charge in [0, 0.05) is 23.7 Å². The Balaban J connectivity index is 1.49. The van der Waals surface area contributed by atoms with Crippen molar-refractivity contribution in [2.45, 2.75) is 30.6 Å². The lowest BCUT2D eigenvalue weighted by atomic mass is 10.1. The Hall–Kier alpha value is -3.30. The zero-order valence-electron chi connectivity index (χ0n) is 19.3. The van der Waals surface area contributed by atoms with Gasteiger partial charge in [-0.25, -0.2) is 0 Å². The van der Waals surface area contributed by atoms with Crippen molar-refractivity contribution in [3.05, 3.63) is 77.6 Å². The van der Waals surface area contributed by atoms with Gasteiger partial charge in [0.25, 0.3) is 5.91 Å². The molecule has 3 aromatic rings. The molecule has 1 aliphatic heterocycles. The summed E-state index contributed by atoms with van der Waals surface area (Å²) in [5.41, 5.74) is 1.19. The first-order valence-corrected chi connectivity index (χ1v) is 12.5. The maximum absolute atomic E-state index is 13.2. The predicted molar refractivity (Wildman–Crippen MR) is 137 cm³/mol. The highest BCUT2D eigenvalue weighted by atomic mass is 35.5. The topological polar surface area (TPSA) is 89.3 Å². The van der Waals surface area contributed by atoms with Crippen molar-refractivity contribution in [2.24, 2.45) is 0 Å². The molecule has 1 aromatic heterocycles. The van der Waals surface area contributed by atoms with Crippen LogP contribution in [0.15, 0.2) is 66.3 Å². The van der Waals surface area contributed by atoms with Gasteiger partial charge >= 0.3 is 0 Å². The van der Waals surface area contributed by atoms with Gasteiger partial charge in [-0.1, -0.05) is 41.6 Å². The Morgan fingerprint density at radius 1 is 1.23 bits per heavy atom.